The molecule has 0 amide bonds. The van der Waals surface area contributed by atoms with Crippen LogP contribution in [0.25, 0.3) is 0 Å². The summed E-state index contributed by atoms with van der Waals surface area (Å²) in [6.07, 6.45) is 19.1. The average Bonchev–Trinajstić information content (AvgIpc) is 2.87. The fraction of sp³-hybridized carbons (Fsp3) is 0.929. The van der Waals surface area contributed by atoms with Gasteiger partial charge in [-0.05, 0) is 51.4 Å². The Morgan fingerprint density at radius 2 is 0.524 bits per heavy atom. The van der Waals surface area contributed by atoms with Gasteiger partial charge in [-0.15, -0.1) is 0 Å². The van der Waals surface area contributed by atoms with Crippen molar-refractivity contribution in [2.24, 2.45) is 0 Å². The summed E-state index contributed by atoms with van der Waals surface area (Å²) >= 11 is 58.9. The van der Waals surface area contributed by atoms with E-state index in [9.17, 15) is 9.59 Å². The first-order valence-electron chi connectivity index (χ1n) is 14.8. The fourth-order valence-electron chi connectivity index (χ4n) is 4.22. The third-order valence-corrected chi connectivity index (χ3v) is 9.20. The van der Waals surface area contributed by atoms with Crippen LogP contribution in [-0.4, -0.2) is 28.2 Å². The molecule has 0 atom stereocenters. The van der Waals surface area contributed by atoms with Crippen LogP contribution in [0.2, 0.25) is 0 Å². The van der Waals surface area contributed by atoms with Crippen LogP contribution in [-0.2, 0) is 19.4 Å². The van der Waals surface area contributed by atoms with Gasteiger partial charge in [0.2, 0.25) is 8.67 Å². The van der Waals surface area contributed by atoms with Gasteiger partial charge < -0.3 is 0 Å². The first-order chi connectivity index (χ1) is 19.5. The minimum absolute atomic E-state index is 0.158. The predicted molar refractivity (Wildman–Crippen MR) is 183 cm³/mol. The van der Waals surface area contributed by atoms with Gasteiger partial charge in [0, 0.05) is 0 Å². The van der Waals surface area contributed by atoms with Crippen molar-refractivity contribution >= 4 is 128 Å². The van der Waals surface area contributed by atoms with Crippen molar-refractivity contribution in [3.63, 3.8) is 0 Å². The maximum atomic E-state index is 12.2. The molecule has 14 heteroatoms. The molecule has 0 aromatic heterocycles. The highest BCUT2D eigenvalue weighted by Gasteiger charge is 2.40. The second-order valence-electron chi connectivity index (χ2n) is 10.7. The summed E-state index contributed by atoms with van der Waals surface area (Å²) in [5.74, 6) is -2.16. The molecule has 42 heavy (non-hydrogen) atoms. The Balaban J connectivity index is 3.89. The fourth-order valence-corrected chi connectivity index (χ4v) is 5.68. The molecule has 0 radical (unpaired) electrons. The average molecular weight is 799 g/mol. The highest BCUT2D eigenvalue weighted by molar-refractivity contribution is 6.68. The normalized spacial score (nSPS) is 12.9. The van der Waals surface area contributed by atoms with E-state index in [1.807, 2.05) is 0 Å². The minimum Gasteiger partial charge on any atom is -0.244 e. The third-order valence-electron chi connectivity index (χ3n) is 6.69. The molecule has 0 bridgehead atoms. The van der Waals surface area contributed by atoms with Crippen LogP contribution < -0.4 is 0 Å². The van der Waals surface area contributed by atoms with E-state index in [0.717, 1.165) is 103 Å². The maximum Gasteiger partial charge on any atom is 0.391 e. The van der Waals surface area contributed by atoms with Gasteiger partial charge in [0.25, 0.3) is 0 Å². The van der Waals surface area contributed by atoms with Gasteiger partial charge in [-0.3, -0.25) is 0 Å². The Labute approximate surface area is 302 Å². The molecular formula is C28H44Cl10O4. The van der Waals surface area contributed by atoms with E-state index in [-0.39, 0.29) is 12.8 Å². The van der Waals surface area contributed by atoms with Crippen molar-refractivity contribution in [1.82, 2.24) is 0 Å². The summed E-state index contributed by atoms with van der Waals surface area (Å²) < 4.78 is -6.00. The number of halogens is 10. The molecule has 0 aliphatic heterocycles. The first-order valence-corrected chi connectivity index (χ1v) is 18.6. The van der Waals surface area contributed by atoms with Gasteiger partial charge in [0.05, 0.1) is 0 Å². The summed E-state index contributed by atoms with van der Waals surface area (Å²) in [7, 11) is 0. The van der Waals surface area contributed by atoms with Crippen molar-refractivity contribution in [2.75, 3.05) is 0 Å². The molecule has 0 aromatic rings. The molecule has 250 valence electrons. The lowest BCUT2D eigenvalue weighted by Crippen LogP contribution is -2.33. The third kappa shape index (κ3) is 27.0. The molecule has 0 aromatic carbocycles. The quantitative estimate of drug-likeness (QED) is 0.0422. The largest absolute Gasteiger partial charge is 0.391 e. The van der Waals surface area contributed by atoms with E-state index in [1.165, 1.54) is 0 Å². The second kappa shape index (κ2) is 24.1. The molecule has 0 rings (SSSR count). The van der Waals surface area contributed by atoms with Crippen LogP contribution in [0.5, 0.6) is 0 Å². The van der Waals surface area contributed by atoms with Crippen molar-refractivity contribution in [3.05, 3.63) is 0 Å². The van der Waals surface area contributed by atoms with E-state index in [1.54, 1.807) is 0 Å². The van der Waals surface area contributed by atoms with Gasteiger partial charge >= 0.3 is 11.9 Å². The van der Waals surface area contributed by atoms with Crippen molar-refractivity contribution < 1.29 is 19.4 Å². The smallest absolute Gasteiger partial charge is 0.244 e. The first kappa shape index (κ1) is 43.8. The monoisotopic (exact) mass is 794 g/mol. The van der Waals surface area contributed by atoms with Crippen LogP contribution in [0.4, 0.5) is 0 Å². The minimum atomic E-state index is -1.84. The standard InChI is InChI=1S/C28H44Cl10O4/c29-25(30,19-15-11-7-3-1-5-9-13-17-21-27(33,34)35)23(39)41-42-24(40)26(31,32)20-16-12-8-4-2-6-10-14-18-22-28(36,37)38/h1-22H2. The molecule has 0 heterocycles. The molecule has 0 N–H and O–H groups in total. The highest BCUT2D eigenvalue weighted by Crippen LogP contribution is 2.34. The van der Waals surface area contributed by atoms with Gasteiger partial charge in [0.1, 0.15) is 0 Å². The Kier molecular flexibility index (Phi) is 25.1. The van der Waals surface area contributed by atoms with Crippen LogP contribution in [0.15, 0.2) is 0 Å². The summed E-state index contributed by atoms with van der Waals surface area (Å²) in [6.45, 7) is 0. The molecule has 0 aliphatic carbocycles. The zero-order valence-corrected chi connectivity index (χ0v) is 31.5. The zero-order valence-electron chi connectivity index (χ0n) is 24.0. The Hall–Kier alpha value is 1.84. The maximum absolute atomic E-state index is 12.2. The van der Waals surface area contributed by atoms with E-state index < -0.39 is 28.2 Å². The molecule has 0 unspecified atom stereocenters. The van der Waals surface area contributed by atoms with Crippen LogP contribution in [0.1, 0.15) is 141 Å². The summed E-state index contributed by atoms with van der Waals surface area (Å²) in [5.41, 5.74) is 0. The number of rotatable bonds is 24. The summed E-state index contributed by atoms with van der Waals surface area (Å²) in [6, 6.07) is 0. The highest BCUT2D eigenvalue weighted by atomic mass is 35.6. The summed E-state index contributed by atoms with van der Waals surface area (Å²) in [4.78, 5) is 33.6. The summed E-state index contributed by atoms with van der Waals surface area (Å²) in [5, 5.41) is 0. The van der Waals surface area contributed by atoms with Crippen LogP contribution in [0, 0.1) is 0 Å². The molecule has 4 nitrogen and oxygen atoms in total. The van der Waals surface area contributed by atoms with Crippen molar-refractivity contribution in [3.8, 4) is 0 Å². The van der Waals surface area contributed by atoms with Crippen LogP contribution in [0.3, 0.4) is 0 Å². The molecular weight excluding hydrogens is 755 g/mol. The van der Waals surface area contributed by atoms with Crippen LogP contribution >= 0.6 is 116 Å². The van der Waals surface area contributed by atoms with Gasteiger partial charge in [0.15, 0.2) is 7.59 Å². The topological polar surface area (TPSA) is 52.6 Å². The molecule has 0 spiro atoms. The lowest BCUT2D eigenvalue weighted by Gasteiger charge is -2.19. The predicted octanol–water partition coefficient (Wildman–Crippen LogP) is 13.7. The molecule has 0 aliphatic rings. The zero-order chi connectivity index (χ0) is 32.1. The number of carbonyl (C=O) groups is 2. The Morgan fingerprint density at radius 3 is 0.738 bits per heavy atom. The van der Waals surface area contributed by atoms with E-state index in [4.69, 9.17) is 116 Å². The van der Waals surface area contributed by atoms with Gasteiger partial charge in [-0.2, -0.15) is 0 Å². The number of unbranched alkanes of at least 4 members (excludes halogenated alkanes) is 16. The Bertz CT molecular complexity index is 664. The number of hydrogen-bond acceptors (Lipinski definition) is 4. The van der Waals surface area contributed by atoms with E-state index in [0.29, 0.717) is 25.7 Å². The number of carbonyl (C=O) groups excluding carboxylic acids is 2. The van der Waals surface area contributed by atoms with Crippen molar-refractivity contribution in [1.29, 1.82) is 0 Å². The lowest BCUT2D eigenvalue weighted by atomic mass is 10.1. The Morgan fingerprint density at radius 1 is 0.333 bits per heavy atom. The lowest BCUT2D eigenvalue weighted by molar-refractivity contribution is -0.260. The van der Waals surface area contributed by atoms with E-state index >= 15 is 0 Å². The SMILES string of the molecule is O=C(OOC(=O)C(Cl)(Cl)CCCCCCCCCCCC(Cl)(Cl)Cl)C(Cl)(Cl)CCCCCCCCCCCC(Cl)(Cl)Cl. The molecule has 0 fully saturated rings. The van der Waals surface area contributed by atoms with Crippen molar-refractivity contribution in [2.45, 2.75) is 158 Å². The van der Waals surface area contributed by atoms with Gasteiger partial charge in [-0.1, -0.05) is 206 Å². The molecule has 0 saturated heterocycles. The molecule has 0 saturated carbocycles. The van der Waals surface area contributed by atoms with E-state index in [2.05, 4.69) is 9.78 Å². The second-order valence-corrected chi connectivity index (χ2v) is 18.7. The number of hydrogen-bond donors (Lipinski definition) is 0. The van der Waals surface area contributed by atoms with Gasteiger partial charge in [-0.25, -0.2) is 19.4 Å². The number of alkyl halides is 10.